The molecule has 9 heteroatoms. The first-order chi connectivity index (χ1) is 14.5. The van der Waals surface area contributed by atoms with Crippen LogP contribution in [-0.2, 0) is 14.8 Å². The predicted octanol–water partition coefficient (Wildman–Crippen LogP) is 2.29. The Morgan fingerprint density at radius 3 is 2.26 bits per heavy atom. The minimum atomic E-state index is -3.71. The van der Waals surface area contributed by atoms with Crippen LogP contribution < -0.4 is 15.4 Å². The molecule has 168 valence electrons. The summed E-state index contributed by atoms with van der Waals surface area (Å²) in [6, 6.07) is 9.35. The largest absolute Gasteiger partial charge is 0.353 e. The van der Waals surface area contributed by atoms with Gasteiger partial charge in [-0.1, -0.05) is 26.0 Å². The number of halogens is 1. The molecule has 0 aromatic heterocycles. The summed E-state index contributed by atoms with van der Waals surface area (Å²) >= 11 is 0. The standard InChI is InChI=1S/C22H28FN3O4S/c1-14(2)20(26-21(27)17-7-9-18(23)10-8-17)22(28)24-11-12-25-31(29,30)19-13-15(3)5-6-16(19)4/h5-10,13-14,20,25H,11-12H2,1-4H3,(H,24,28)(H,26,27)/t20-/m0/s1. The van der Waals surface area contributed by atoms with Crippen LogP contribution in [0.4, 0.5) is 4.39 Å². The summed E-state index contributed by atoms with van der Waals surface area (Å²) in [5.74, 6) is -1.60. The van der Waals surface area contributed by atoms with Gasteiger partial charge in [-0.25, -0.2) is 17.5 Å². The van der Waals surface area contributed by atoms with Gasteiger partial charge in [-0.2, -0.15) is 0 Å². The zero-order chi connectivity index (χ0) is 23.2. The van der Waals surface area contributed by atoms with E-state index in [0.29, 0.717) is 5.56 Å². The van der Waals surface area contributed by atoms with Gasteiger partial charge >= 0.3 is 0 Å². The Labute approximate surface area is 182 Å². The Morgan fingerprint density at radius 1 is 1.00 bits per heavy atom. The van der Waals surface area contributed by atoms with Crippen molar-refractivity contribution in [1.29, 1.82) is 0 Å². The van der Waals surface area contributed by atoms with Crippen LogP contribution in [0.15, 0.2) is 47.4 Å². The molecule has 0 unspecified atom stereocenters. The SMILES string of the molecule is Cc1ccc(C)c(S(=O)(=O)NCCNC(=O)[C@@H](NC(=O)c2ccc(F)cc2)C(C)C)c1. The van der Waals surface area contributed by atoms with E-state index in [9.17, 15) is 22.4 Å². The third-order valence-corrected chi connectivity index (χ3v) is 6.29. The summed E-state index contributed by atoms with van der Waals surface area (Å²) in [5.41, 5.74) is 1.70. The summed E-state index contributed by atoms with van der Waals surface area (Å²) in [4.78, 5) is 25.1. The fourth-order valence-corrected chi connectivity index (χ4v) is 4.28. The molecule has 0 saturated carbocycles. The molecular formula is C22H28FN3O4S. The third-order valence-electron chi connectivity index (χ3n) is 4.69. The molecule has 0 aliphatic heterocycles. The van der Waals surface area contributed by atoms with Crippen molar-refractivity contribution in [2.24, 2.45) is 5.92 Å². The Hall–Kier alpha value is -2.78. The number of nitrogens with one attached hydrogen (secondary N) is 3. The monoisotopic (exact) mass is 449 g/mol. The molecule has 31 heavy (non-hydrogen) atoms. The molecule has 2 amide bonds. The normalized spacial score (nSPS) is 12.5. The maximum Gasteiger partial charge on any atom is 0.251 e. The average molecular weight is 450 g/mol. The number of hydrogen-bond acceptors (Lipinski definition) is 4. The molecule has 0 bridgehead atoms. The van der Waals surface area contributed by atoms with E-state index in [0.717, 1.165) is 5.56 Å². The Morgan fingerprint density at radius 2 is 1.65 bits per heavy atom. The highest BCUT2D eigenvalue weighted by molar-refractivity contribution is 7.89. The van der Waals surface area contributed by atoms with Crippen LogP contribution in [0.1, 0.15) is 35.3 Å². The van der Waals surface area contributed by atoms with Crippen LogP contribution in [0.3, 0.4) is 0 Å². The fourth-order valence-electron chi connectivity index (χ4n) is 2.92. The Balaban J connectivity index is 1.92. The molecule has 1 atom stereocenters. The smallest absolute Gasteiger partial charge is 0.251 e. The number of benzene rings is 2. The topological polar surface area (TPSA) is 104 Å². The molecule has 0 aliphatic carbocycles. The molecule has 2 aromatic rings. The minimum absolute atomic E-state index is 0.00181. The van der Waals surface area contributed by atoms with Crippen molar-refractivity contribution in [1.82, 2.24) is 15.4 Å². The van der Waals surface area contributed by atoms with Crippen molar-refractivity contribution in [3.8, 4) is 0 Å². The second-order valence-electron chi connectivity index (χ2n) is 7.66. The van der Waals surface area contributed by atoms with E-state index >= 15 is 0 Å². The molecule has 0 radical (unpaired) electrons. The van der Waals surface area contributed by atoms with Gasteiger partial charge in [0.05, 0.1) is 4.90 Å². The van der Waals surface area contributed by atoms with Gasteiger partial charge in [-0.3, -0.25) is 9.59 Å². The van der Waals surface area contributed by atoms with Crippen molar-refractivity contribution < 1.29 is 22.4 Å². The first kappa shape index (κ1) is 24.5. The van der Waals surface area contributed by atoms with E-state index in [4.69, 9.17) is 0 Å². The van der Waals surface area contributed by atoms with E-state index < -0.39 is 33.7 Å². The maximum absolute atomic E-state index is 13.0. The number of rotatable bonds is 9. The van der Waals surface area contributed by atoms with Gasteiger partial charge in [-0.05, 0) is 61.2 Å². The van der Waals surface area contributed by atoms with E-state index in [1.807, 2.05) is 13.0 Å². The fraction of sp³-hybridized carbons (Fsp3) is 0.364. The lowest BCUT2D eigenvalue weighted by Crippen LogP contribution is -2.50. The number of aryl methyl sites for hydroxylation is 2. The van der Waals surface area contributed by atoms with Crippen molar-refractivity contribution in [3.05, 3.63) is 65.0 Å². The van der Waals surface area contributed by atoms with Crippen LogP contribution in [0.2, 0.25) is 0 Å². The van der Waals surface area contributed by atoms with Crippen molar-refractivity contribution in [3.63, 3.8) is 0 Å². The lowest BCUT2D eigenvalue weighted by molar-refractivity contribution is -0.123. The summed E-state index contributed by atoms with van der Waals surface area (Å²) in [5, 5.41) is 5.28. The Kier molecular flexibility index (Phi) is 8.29. The average Bonchev–Trinajstić information content (AvgIpc) is 2.71. The molecule has 0 aliphatic rings. The third kappa shape index (κ3) is 6.86. The van der Waals surface area contributed by atoms with Crippen LogP contribution in [0, 0.1) is 25.6 Å². The van der Waals surface area contributed by atoms with Crippen LogP contribution in [0.5, 0.6) is 0 Å². The molecule has 2 aromatic carbocycles. The molecule has 3 N–H and O–H groups in total. The van der Waals surface area contributed by atoms with Crippen molar-refractivity contribution in [2.45, 2.75) is 38.6 Å². The molecule has 0 heterocycles. The van der Waals surface area contributed by atoms with Gasteiger partial charge in [0.25, 0.3) is 5.91 Å². The first-order valence-electron chi connectivity index (χ1n) is 9.92. The van der Waals surface area contributed by atoms with E-state index in [2.05, 4.69) is 15.4 Å². The molecule has 0 saturated heterocycles. The molecular weight excluding hydrogens is 421 g/mol. The maximum atomic E-state index is 13.0. The number of amides is 2. The summed E-state index contributed by atoms with van der Waals surface area (Å²) in [6.07, 6.45) is 0. The quantitative estimate of drug-likeness (QED) is 0.511. The molecule has 0 spiro atoms. The van der Waals surface area contributed by atoms with Gasteiger partial charge < -0.3 is 10.6 Å². The highest BCUT2D eigenvalue weighted by atomic mass is 32.2. The lowest BCUT2D eigenvalue weighted by atomic mass is 10.0. The van der Waals surface area contributed by atoms with Gasteiger partial charge in [-0.15, -0.1) is 0 Å². The predicted molar refractivity (Wildman–Crippen MR) is 117 cm³/mol. The van der Waals surface area contributed by atoms with E-state index in [1.165, 1.54) is 24.3 Å². The van der Waals surface area contributed by atoms with E-state index in [-0.39, 0.29) is 29.5 Å². The van der Waals surface area contributed by atoms with Gasteiger partial charge in [0.2, 0.25) is 15.9 Å². The van der Waals surface area contributed by atoms with Gasteiger partial charge in [0.1, 0.15) is 11.9 Å². The highest BCUT2D eigenvalue weighted by Gasteiger charge is 2.24. The second kappa shape index (κ2) is 10.5. The second-order valence-corrected chi connectivity index (χ2v) is 9.40. The van der Waals surface area contributed by atoms with Crippen LogP contribution in [-0.4, -0.2) is 39.4 Å². The summed E-state index contributed by atoms with van der Waals surface area (Å²) in [7, 11) is -3.71. The van der Waals surface area contributed by atoms with Crippen LogP contribution in [0.25, 0.3) is 0 Å². The number of sulfonamides is 1. The number of hydrogen-bond donors (Lipinski definition) is 3. The van der Waals surface area contributed by atoms with Crippen molar-refractivity contribution in [2.75, 3.05) is 13.1 Å². The number of carbonyl (C=O) groups is 2. The van der Waals surface area contributed by atoms with Crippen LogP contribution >= 0.6 is 0 Å². The van der Waals surface area contributed by atoms with Gasteiger partial charge in [0.15, 0.2) is 0 Å². The molecule has 7 nitrogen and oxygen atoms in total. The molecule has 2 rings (SSSR count). The summed E-state index contributed by atoms with van der Waals surface area (Å²) in [6.45, 7) is 7.13. The Bertz CT molecular complexity index is 1040. The number of carbonyl (C=O) groups excluding carboxylic acids is 2. The minimum Gasteiger partial charge on any atom is -0.353 e. The van der Waals surface area contributed by atoms with Gasteiger partial charge in [0, 0.05) is 18.7 Å². The highest BCUT2D eigenvalue weighted by Crippen LogP contribution is 2.16. The zero-order valence-electron chi connectivity index (χ0n) is 18.0. The van der Waals surface area contributed by atoms with Crippen molar-refractivity contribution >= 4 is 21.8 Å². The first-order valence-corrected chi connectivity index (χ1v) is 11.4. The zero-order valence-corrected chi connectivity index (χ0v) is 18.8. The van der Waals surface area contributed by atoms with E-state index in [1.54, 1.807) is 32.9 Å². The lowest BCUT2D eigenvalue weighted by Gasteiger charge is -2.22. The summed E-state index contributed by atoms with van der Waals surface area (Å²) < 4.78 is 40.5. The molecule has 0 fully saturated rings.